The van der Waals surface area contributed by atoms with Crippen molar-refractivity contribution in [2.75, 3.05) is 0 Å². The third-order valence-electron chi connectivity index (χ3n) is 2.76. The fourth-order valence-electron chi connectivity index (χ4n) is 1.91. The highest BCUT2D eigenvalue weighted by Gasteiger charge is 2.32. The van der Waals surface area contributed by atoms with Gasteiger partial charge in [0.25, 0.3) is 5.91 Å². The first-order valence-corrected chi connectivity index (χ1v) is 5.11. The summed E-state index contributed by atoms with van der Waals surface area (Å²) in [5.74, 6) is 0.515. The Morgan fingerprint density at radius 3 is 3.00 bits per heavy atom. The van der Waals surface area contributed by atoms with E-state index in [2.05, 4.69) is 10.3 Å². The summed E-state index contributed by atoms with van der Waals surface area (Å²) in [6.45, 7) is 0.615. The lowest BCUT2D eigenvalue weighted by atomic mass is 10.1. The van der Waals surface area contributed by atoms with Crippen molar-refractivity contribution >= 4 is 17.5 Å². The molecule has 1 saturated carbocycles. The molecule has 0 radical (unpaired) electrons. The van der Waals surface area contributed by atoms with Gasteiger partial charge in [-0.3, -0.25) is 4.79 Å². The highest BCUT2D eigenvalue weighted by molar-refractivity contribution is 6.29. The minimum atomic E-state index is -0.0220. The molecule has 72 valence electrons. The lowest BCUT2D eigenvalue weighted by molar-refractivity contribution is 0.0965. The molecular weight excluding hydrogens is 200 g/mol. The van der Waals surface area contributed by atoms with Crippen LogP contribution in [-0.2, 0) is 6.54 Å². The Balaban J connectivity index is 2.20. The van der Waals surface area contributed by atoms with Gasteiger partial charge < -0.3 is 5.32 Å². The number of carbonyl (C=O) groups is 1. The van der Waals surface area contributed by atoms with Gasteiger partial charge in [-0.15, -0.1) is 0 Å². The molecule has 2 heterocycles. The van der Waals surface area contributed by atoms with Gasteiger partial charge in [0.1, 0.15) is 5.15 Å². The van der Waals surface area contributed by atoms with Crippen molar-refractivity contribution in [1.29, 1.82) is 0 Å². The molecule has 0 unspecified atom stereocenters. The SMILES string of the molecule is O=C1NCc2c1cc(Cl)nc2C1CC1. The molecule has 1 amide bonds. The number of nitrogens with zero attached hydrogens (tertiary/aromatic N) is 1. The summed E-state index contributed by atoms with van der Waals surface area (Å²) in [6, 6.07) is 1.66. The number of nitrogens with one attached hydrogen (secondary N) is 1. The fourth-order valence-corrected chi connectivity index (χ4v) is 2.11. The third kappa shape index (κ3) is 1.12. The van der Waals surface area contributed by atoms with E-state index in [1.54, 1.807) is 6.07 Å². The molecule has 0 saturated heterocycles. The normalized spacial score (nSPS) is 19.4. The predicted molar refractivity (Wildman–Crippen MR) is 52.4 cm³/mol. The molecule has 0 atom stereocenters. The van der Waals surface area contributed by atoms with Gasteiger partial charge in [0, 0.05) is 23.6 Å². The molecule has 3 nitrogen and oxygen atoms in total. The van der Waals surface area contributed by atoms with E-state index in [9.17, 15) is 4.79 Å². The largest absolute Gasteiger partial charge is 0.348 e. The van der Waals surface area contributed by atoms with Crippen molar-refractivity contribution in [1.82, 2.24) is 10.3 Å². The molecule has 1 aromatic rings. The fraction of sp³-hybridized carbons (Fsp3) is 0.400. The van der Waals surface area contributed by atoms with Crippen molar-refractivity contribution in [3.05, 3.63) is 28.0 Å². The van der Waals surface area contributed by atoms with E-state index in [1.165, 1.54) is 12.8 Å². The second kappa shape index (κ2) is 2.70. The topological polar surface area (TPSA) is 42.0 Å². The van der Waals surface area contributed by atoms with Gasteiger partial charge in [0.2, 0.25) is 0 Å². The molecule has 0 bridgehead atoms. The van der Waals surface area contributed by atoms with Gasteiger partial charge in [0.15, 0.2) is 0 Å². The molecule has 1 aliphatic carbocycles. The van der Waals surface area contributed by atoms with Gasteiger partial charge in [-0.2, -0.15) is 0 Å². The number of halogens is 1. The first-order valence-electron chi connectivity index (χ1n) is 4.73. The zero-order chi connectivity index (χ0) is 9.71. The standard InChI is InChI=1S/C10H9ClN2O/c11-8-3-6-7(4-12-10(6)14)9(13-8)5-1-2-5/h3,5H,1-2,4H2,(H,12,14). The van der Waals surface area contributed by atoms with E-state index >= 15 is 0 Å². The van der Waals surface area contributed by atoms with Crippen molar-refractivity contribution in [3.8, 4) is 0 Å². The summed E-state index contributed by atoms with van der Waals surface area (Å²) in [6.07, 6.45) is 2.35. The molecule has 2 aliphatic rings. The Morgan fingerprint density at radius 2 is 2.29 bits per heavy atom. The minimum absolute atomic E-state index is 0.0220. The average molecular weight is 209 g/mol. The Hall–Kier alpha value is -1.09. The molecule has 14 heavy (non-hydrogen) atoms. The number of carbonyl (C=O) groups excluding carboxylic acids is 1. The highest BCUT2D eigenvalue weighted by Crippen LogP contribution is 2.42. The van der Waals surface area contributed by atoms with Crippen molar-refractivity contribution in [2.45, 2.75) is 25.3 Å². The van der Waals surface area contributed by atoms with Gasteiger partial charge in [-0.25, -0.2) is 4.98 Å². The predicted octanol–water partition coefficient (Wildman–Crippen LogP) is 1.86. The van der Waals surface area contributed by atoms with Crippen LogP contribution in [0.15, 0.2) is 6.07 Å². The summed E-state index contributed by atoms with van der Waals surface area (Å²) in [5.41, 5.74) is 2.81. The van der Waals surface area contributed by atoms with Crippen LogP contribution in [0, 0.1) is 0 Å². The molecule has 0 aromatic carbocycles. The zero-order valence-corrected chi connectivity index (χ0v) is 8.27. The quantitative estimate of drug-likeness (QED) is 0.716. The Labute approximate surface area is 86.5 Å². The van der Waals surface area contributed by atoms with Crippen LogP contribution in [-0.4, -0.2) is 10.9 Å². The summed E-state index contributed by atoms with van der Waals surface area (Å²) >= 11 is 5.87. The van der Waals surface area contributed by atoms with Crippen molar-refractivity contribution in [3.63, 3.8) is 0 Å². The minimum Gasteiger partial charge on any atom is -0.348 e. The Bertz CT molecular complexity index is 426. The smallest absolute Gasteiger partial charge is 0.252 e. The van der Waals surface area contributed by atoms with E-state index in [1.807, 2.05) is 0 Å². The number of hydrogen-bond donors (Lipinski definition) is 1. The summed E-state index contributed by atoms with van der Waals surface area (Å²) in [7, 11) is 0. The van der Waals surface area contributed by atoms with Crippen LogP contribution in [0.2, 0.25) is 5.15 Å². The van der Waals surface area contributed by atoms with Gasteiger partial charge in [0.05, 0.1) is 5.69 Å². The van der Waals surface area contributed by atoms with Crippen LogP contribution in [0.1, 0.15) is 40.4 Å². The average Bonchev–Trinajstić information content (AvgIpc) is 2.93. The lowest BCUT2D eigenvalue weighted by Gasteiger charge is -2.04. The third-order valence-corrected chi connectivity index (χ3v) is 2.95. The van der Waals surface area contributed by atoms with E-state index < -0.39 is 0 Å². The lowest BCUT2D eigenvalue weighted by Crippen LogP contribution is -2.12. The molecule has 3 rings (SSSR count). The maximum absolute atomic E-state index is 11.4. The van der Waals surface area contributed by atoms with Crippen LogP contribution in [0.4, 0.5) is 0 Å². The molecular formula is C10H9ClN2O. The maximum atomic E-state index is 11.4. The molecule has 1 fully saturated rings. The van der Waals surface area contributed by atoms with E-state index in [0.717, 1.165) is 11.3 Å². The monoisotopic (exact) mass is 208 g/mol. The first kappa shape index (κ1) is 8.24. The second-order valence-electron chi connectivity index (χ2n) is 3.81. The van der Waals surface area contributed by atoms with Crippen LogP contribution in [0.3, 0.4) is 0 Å². The summed E-state index contributed by atoms with van der Waals surface area (Å²) in [4.78, 5) is 15.7. The maximum Gasteiger partial charge on any atom is 0.252 e. The number of fused-ring (bicyclic) bond motifs is 1. The first-order chi connectivity index (χ1) is 6.75. The Morgan fingerprint density at radius 1 is 1.50 bits per heavy atom. The Kier molecular flexibility index (Phi) is 1.59. The molecule has 1 N–H and O–H groups in total. The van der Waals surface area contributed by atoms with Gasteiger partial charge >= 0.3 is 0 Å². The van der Waals surface area contributed by atoms with Gasteiger partial charge in [-0.1, -0.05) is 11.6 Å². The highest BCUT2D eigenvalue weighted by atomic mass is 35.5. The van der Waals surface area contributed by atoms with Crippen LogP contribution in [0.25, 0.3) is 0 Å². The number of hydrogen-bond acceptors (Lipinski definition) is 2. The number of aromatic nitrogens is 1. The van der Waals surface area contributed by atoms with Gasteiger partial charge in [-0.05, 0) is 18.9 Å². The molecule has 1 aromatic heterocycles. The summed E-state index contributed by atoms with van der Waals surface area (Å²) in [5, 5.41) is 3.23. The number of pyridine rings is 1. The van der Waals surface area contributed by atoms with E-state index in [-0.39, 0.29) is 5.91 Å². The van der Waals surface area contributed by atoms with Crippen molar-refractivity contribution in [2.24, 2.45) is 0 Å². The molecule has 1 aliphatic heterocycles. The van der Waals surface area contributed by atoms with Crippen LogP contribution in [0.5, 0.6) is 0 Å². The number of rotatable bonds is 1. The van der Waals surface area contributed by atoms with E-state index in [4.69, 9.17) is 11.6 Å². The van der Waals surface area contributed by atoms with E-state index in [0.29, 0.717) is 23.2 Å². The molecule has 0 spiro atoms. The second-order valence-corrected chi connectivity index (χ2v) is 4.20. The molecule has 4 heteroatoms. The van der Waals surface area contributed by atoms with Crippen LogP contribution >= 0.6 is 11.6 Å². The van der Waals surface area contributed by atoms with Crippen molar-refractivity contribution < 1.29 is 4.79 Å². The van der Waals surface area contributed by atoms with Crippen LogP contribution < -0.4 is 5.32 Å². The summed E-state index contributed by atoms with van der Waals surface area (Å²) < 4.78 is 0. The zero-order valence-electron chi connectivity index (χ0n) is 7.51. The number of amides is 1.